The summed E-state index contributed by atoms with van der Waals surface area (Å²) in [5.74, 6) is -0.0634. The average molecular weight is 238 g/mol. The van der Waals surface area contributed by atoms with Gasteiger partial charge in [-0.05, 0) is 18.6 Å². The maximum atomic E-state index is 11.4. The van der Waals surface area contributed by atoms with Gasteiger partial charge in [-0.3, -0.25) is 9.59 Å². The van der Waals surface area contributed by atoms with E-state index >= 15 is 0 Å². The largest absolute Gasteiger partial charge is 0.493 e. The van der Waals surface area contributed by atoms with Crippen LogP contribution >= 0.6 is 0 Å². The third-order valence-electron chi connectivity index (χ3n) is 2.11. The number of hydrogen-bond donors (Lipinski definition) is 1. The van der Waals surface area contributed by atoms with Gasteiger partial charge in [0.25, 0.3) is 0 Å². The van der Waals surface area contributed by atoms with Crippen molar-refractivity contribution in [3.05, 3.63) is 23.8 Å². The summed E-state index contributed by atoms with van der Waals surface area (Å²) in [7, 11) is 1.43. The zero-order valence-electron chi connectivity index (χ0n) is 9.51. The molecule has 0 amide bonds. The summed E-state index contributed by atoms with van der Waals surface area (Å²) in [5, 5.41) is 8.59. The summed E-state index contributed by atoms with van der Waals surface area (Å²) in [6.45, 7) is -0.0818. The molecule has 17 heavy (non-hydrogen) atoms. The topological polar surface area (TPSA) is 72.8 Å². The van der Waals surface area contributed by atoms with Crippen molar-refractivity contribution in [2.45, 2.75) is 12.8 Å². The van der Waals surface area contributed by atoms with E-state index in [1.165, 1.54) is 13.2 Å². The first-order valence-electron chi connectivity index (χ1n) is 5.16. The molecule has 5 nitrogen and oxygen atoms in total. The number of ether oxygens (including phenoxy) is 2. The first kappa shape index (κ1) is 13.2. The number of rotatable bonds is 6. The standard InChI is InChI=1S/C12H14O5/c1-16-10-5-2-4-9(8-14)12(10)17-11(15)6-3-7-13/h2,4-5,8,13H,3,6-7H2,1H3. The Bertz CT molecular complexity index is 400. The molecule has 5 heteroatoms. The quantitative estimate of drug-likeness (QED) is 0.457. The van der Waals surface area contributed by atoms with E-state index in [9.17, 15) is 9.59 Å². The minimum absolute atomic E-state index is 0.0818. The Labute approximate surface area is 99.0 Å². The van der Waals surface area contributed by atoms with Crippen molar-refractivity contribution in [3.8, 4) is 11.5 Å². The molecule has 0 radical (unpaired) electrons. The van der Waals surface area contributed by atoms with Crippen molar-refractivity contribution in [1.82, 2.24) is 0 Å². The first-order chi connectivity index (χ1) is 8.22. The average Bonchev–Trinajstić information content (AvgIpc) is 2.36. The zero-order chi connectivity index (χ0) is 12.7. The Morgan fingerprint density at radius 3 is 2.82 bits per heavy atom. The molecule has 0 aliphatic heterocycles. The lowest BCUT2D eigenvalue weighted by atomic mass is 10.2. The van der Waals surface area contributed by atoms with Crippen LogP contribution < -0.4 is 9.47 Å². The van der Waals surface area contributed by atoms with Crippen LogP contribution in [-0.2, 0) is 4.79 Å². The zero-order valence-corrected chi connectivity index (χ0v) is 9.51. The van der Waals surface area contributed by atoms with Gasteiger partial charge < -0.3 is 14.6 Å². The molecule has 1 N–H and O–H groups in total. The highest BCUT2D eigenvalue weighted by atomic mass is 16.6. The summed E-state index contributed by atoms with van der Waals surface area (Å²) in [4.78, 5) is 22.2. The van der Waals surface area contributed by atoms with Gasteiger partial charge in [0.1, 0.15) is 0 Å². The fourth-order valence-corrected chi connectivity index (χ4v) is 1.28. The molecule has 0 spiro atoms. The number of carbonyl (C=O) groups is 2. The van der Waals surface area contributed by atoms with E-state index < -0.39 is 5.97 Å². The van der Waals surface area contributed by atoms with E-state index in [4.69, 9.17) is 14.6 Å². The fraction of sp³-hybridized carbons (Fsp3) is 0.333. The van der Waals surface area contributed by atoms with E-state index in [1.807, 2.05) is 0 Å². The Morgan fingerprint density at radius 1 is 1.47 bits per heavy atom. The van der Waals surface area contributed by atoms with Crippen molar-refractivity contribution < 1.29 is 24.2 Å². The third-order valence-corrected chi connectivity index (χ3v) is 2.11. The number of benzene rings is 1. The molecule has 0 aliphatic rings. The van der Waals surface area contributed by atoms with E-state index in [1.54, 1.807) is 12.1 Å². The highest BCUT2D eigenvalue weighted by molar-refractivity contribution is 5.84. The highest BCUT2D eigenvalue weighted by Gasteiger charge is 2.14. The summed E-state index contributed by atoms with van der Waals surface area (Å²) in [5.41, 5.74) is 0.252. The fourth-order valence-electron chi connectivity index (χ4n) is 1.28. The van der Waals surface area contributed by atoms with Gasteiger partial charge in [-0.15, -0.1) is 0 Å². The van der Waals surface area contributed by atoms with Gasteiger partial charge in [-0.25, -0.2) is 0 Å². The molecular weight excluding hydrogens is 224 g/mol. The second-order valence-electron chi connectivity index (χ2n) is 3.30. The van der Waals surface area contributed by atoms with Crippen LogP contribution in [0.2, 0.25) is 0 Å². The number of aldehydes is 1. The van der Waals surface area contributed by atoms with Gasteiger partial charge in [-0.1, -0.05) is 6.07 Å². The van der Waals surface area contributed by atoms with E-state index in [-0.39, 0.29) is 24.3 Å². The Balaban J connectivity index is 2.87. The first-order valence-corrected chi connectivity index (χ1v) is 5.16. The number of carbonyl (C=O) groups excluding carboxylic acids is 2. The predicted octanol–water partition coefficient (Wildman–Crippen LogP) is 1.19. The molecule has 0 unspecified atom stereocenters. The maximum absolute atomic E-state index is 11.4. The molecule has 1 aromatic rings. The smallest absolute Gasteiger partial charge is 0.311 e. The molecule has 0 fully saturated rings. The Hall–Kier alpha value is -1.88. The van der Waals surface area contributed by atoms with Gasteiger partial charge in [-0.2, -0.15) is 0 Å². The van der Waals surface area contributed by atoms with Crippen molar-refractivity contribution in [1.29, 1.82) is 0 Å². The van der Waals surface area contributed by atoms with Crippen LogP contribution in [0.1, 0.15) is 23.2 Å². The van der Waals surface area contributed by atoms with E-state index in [2.05, 4.69) is 0 Å². The van der Waals surface area contributed by atoms with Crippen molar-refractivity contribution in [3.63, 3.8) is 0 Å². The lowest BCUT2D eigenvalue weighted by molar-refractivity contribution is -0.134. The molecule has 0 bridgehead atoms. The van der Waals surface area contributed by atoms with Crippen molar-refractivity contribution in [2.24, 2.45) is 0 Å². The summed E-state index contributed by atoms with van der Waals surface area (Å²) in [6.07, 6.45) is 1.01. The molecule has 0 atom stereocenters. The van der Waals surface area contributed by atoms with Gasteiger partial charge in [0, 0.05) is 13.0 Å². The SMILES string of the molecule is COc1cccc(C=O)c1OC(=O)CCCO. The third kappa shape index (κ3) is 3.57. The molecule has 0 saturated carbocycles. The van der Waals surface area contributed by atoms with E-state index in [0.29, 0.717) is 18.5 Å². The Kier molecular flexibility index (Phi) is 5.16. The van der Waals surface area contributed by atoms with Crippen LogP contribution in [0.5, 0.6) is 11.5 Å². The van der Waals surface area contributed by atoms with Crippen LogP contribution in [-0.4, -0.2) is 31.1 Å². The number of esters is 1. The molecular formula is C12H14O5. The summed E-state index contributed by atoms with van der Waals surface area (Å²) in [6, 6.07) is 4.76. The predicted molar refractivity (Wildman–Crippen MR) is 60.3 cm³/mol. The molecule has 1 rings (SSSR count). The van der Waals surface area contributed by atoms with Crippen LogP contribution in [0.15, 0.2) is 18.2 Å². The van der Waals surface area contributed by atoms with Crippen LogP contribution in [0.3, 0.4) is 0 Å². The van der Waals surface area contributed by atoms with Crippen LogP contribution in [0.4, 0.5) is 0 Å². The molecule has 1 aromatic carbocycles. The molecule has 0 saturated heterocycles. The lowest BCUT2D eigenvalue weighted by Crippen LogP contribution is -2.10. The Morgan fingerprint density at radius 2 is 2.24 bits per heavy atom. The van der Waals surface area contributed by atoms with Gasteiger partial charge in [0.2, 0.25) is 0 Å². The second-order valence-corrected chi connectivity index (χ2v) is 3.30. The lowest BCUT2D eigenvalue weighted by Gasteiger charge is -2.10. The molecule has 0 heterocycles. The van der Waals surface area contributed by atoms with Crippen molar-refractivity contribution in [2.75, 3.05) is 13.7 Å². The van der Waals surface area contributed by atoms with Crippen molar-refractivity contribution >= 4 is 12.3 Å². The number of aliphatic hydroxyl groups is 1. The summed E-state index contributed by atoms with van der Waals surface area (Å²) >= 11 is 0. The monoisotopic (exact) mass is 238 g/mol. The molecule has 0 aromatic heterocycles. The number of methoxy groups -OCH3 is 1. The van der Waals surface area contributed by atoms with Gasteiger partial charge in [0.15, 0.2) is 17.8 Å². The molecule has 92 valence electrons. The number of para-hydroxylation sites is 1. The van der Waals surface area contributed by atoms with E-state index in [0.717, 1.165) is 0 Å². The van der Waals surface area contributed by atoms with Gasteiger partial charge in [0.05, 0.1) is 12.7 Å². The minimum Gasteiger partial charge on any atom is -0.493 e. The normalized spacial score (nSPS) is 9.76. The van der Waals surface area contributed by atoms with Crippen LogP contribution in [0, 0.1) is 0 Å². The maximum Gasteiger partial charge on any atom is 0.311 e. The number of hydrogen-bond acceptors (Lipinski definition) is 5. The summed E-state index contributed by atoms with van der Waals surface area (Å²) < 4.78 is 10.1. The minimum atomic E-state index is -0.508. The number of aliphatic hydroxyl groups excluding tert-OH is 1. The highest BCUT2D eigenvalue weighted by Crippen LogP contribution is 2.30. The molecule has 0 aliphatic carbocycles. The van der Waals surface area contributed by atoms with Crippen LogP contribution in [0.25, 0.3) is 0 Å². The second kappa shape index (κ2) is 6.65. The van der Waals surface area contributed by atoms with Gasteiger partial charge >= 0.3 is 5.97 Å².